The molecule has 4 nitrogen and oxygen atoms in total. The van der Waals surface area contributed by atoms with Crippen LogP contribution in [0.15, 0.2) is 16.7 Å². The molecule has 1 N–H and O–H groups in total. The van der Waals surface area contributed by atoms with Crippen LogP contribution in [-0.4, -0.2) is 22.3 Å². The first-order valence-corrected chi connectivity index (χ1v) is 9.70. The lowest BCUT2D eigenvalue weighted by atomic mass is 9.43. The van der Waals surface area contributed by atoms with Gasteiger partial charge >= 0.3 is 5.97 Å². The molecule has 1 heterocycles. The van der Waals surface area contributed by atoms with E-state index >= 15 is 0 Å². The Bertz CT molecular complexity index is 694. The fourth-order valence-corrected chi connectivity index (χ4v) is 6.68. The number of aliphatic hydroxyl groups is 1. The Morgan fingerprint density at radius 1 is 1.32 bits per heavy atom. The number of furan rings is 1. The Labute approximate surface area is 149 Å². The zero-order valence-electron chi connectivity index (χ0n) is 15.8. The Morgan fingerprint density at radius 3 is 2.80 bits per heavy atom. The second-order valence-electron chi connectivity index (χ2n) is 9.06. The first-order valence-electron chi connectivity index (χ1n) is 9.70. The van der Waals surface area contributed by atoms with Gasteiger partial charge in [-0.1, -0.05) is 13.8 Å². The van der Waals surface area contributed by atoms with Crippen molar-refractivity contribution in [2.45, 2.75) is 83.3 Å². The van der Waals surface area contributed by atoms with Crippen LogP contribution in [0.2, 0.25) is 0 Å². The van der Waals surface area contributed by atoms with Crippen molar-refractivity contribution in [3.8, 4) is 0 Å². The maximum atomic E-state index is 11.9. The monoisotopic (exact) mass is 346 g/mol. The van der Waals surface area contributed by atoms with Gasteiger partial charge in [0.15, 0.2) is 0 Å². The Hall–Kier alpha value is -1.29. The summed E-state index contributed by atoms with van der Waals surface area (Å²) in [5.74, 6) is 2.15. The minimum absolute atomic E-state index is 0.267. The van der Waals surface area contributed by atoms with Gasteiger partial charge in [-0.2, -0.15) is 0 Å². The van der Waals surface area contributed by atoms with Gasteiger partial charge in [0.1, 0.15) is 17.0 Å². The maximum Gasteiger partial charge on any atom is 0.303 e. The van der Waals surface area contributed by atoms with Gasteiger partial charge in [-0.3, -0.25) is 4.79 Å². The molecule has 2 saturated carbocycles. The highest BCUT2D eigenvalue weighted by molar-refractivity contribution is 5.66. The average Bonchev–Trinajstić information content (AvgIpc) is 2.99. The molecule has 6 atom stereocenters. The zero-order chi connectivity index (χ0) is 18.0. The van der Waals surface area contributed by atoms with Crippen LogP contribution < -0.4 is 0 Å². The molecular weight excluding hydrogens is 316 g/mol. The minimum Gasteiger partial charge on any atom is -0.469 e. The molecule has 0 spiro atoms. The lowest BCUT2D eigenvalue weighted by molar-refractivity contribution is -0.277. The molecule has 0 unspecified atom stereocenters. The lowest BCUT2D eigenvalue weighted by Gasteiger charge is -2.65. The second-order valence-corrected chi connectivity index (χ2v) is 9.06. The summed E-state index contributed by atoms with van der Waals surface area (Å²) in [5, 5.41) is 11.9. The first kappa shape index (κ1) is 17.1. The molecule has 3 aliphatic rings. The number of carbonyl (C=O) groups is 1. The van der Waals surface area contributed by atoms with Crippen LogP contribution in [0.5, 0.6) is 0 Å². The van der Waals surface area contributed by atoms with E-state index in [0.717, 1.165) is 37.9 Å². The smallest absolute Gasteiger partial charge is 0.303 e. The number of hydrogen-bond donors (Lipinski definition) is 1. The molecule has 1 aromatic heterocycles. The van der Waals surface area contributed by atoms with E-state index in [4.69, 9.17) is 9.15 Å². The third kappa shape index (κ3) is 2.12. The molecule has 0 aliphatic heterocycles. The lowest BCUT2D eigenvalue weighted by Crippen LogP contribution is -2.71. The highest BCUT2D eigenvalue weighted by atomic mass is 16.6. The van der Waals surface area contributed by atoms with Crippen molar-refractivity contribution < 1.29 is 19.1 Å². The van der Waals surface area contributed by atoms with Crippen LogP contribution in [0.4, 0.5) is 0 Å². The van der Waals surface area contributed by atoms with E-state index in [2.05, 4.69) is 19.9 Å². The predicted molar refractivity (Wildman–Crippen MR) is 94.1 cm³/mol. The van der Waals surface area contributed by atoms with Crippen molar-refractivity contribution >= 4 is 5.97 Å². The quantitative estimate of drug-likeness (QED) is 0.774. The summed E-state index contributed by atoms with van der Waals surface area (Å²) in [6, 6.07) is 2.11. The van der Waals surface area contributed by atoms with Gasteiger partial charge < -0.3 is 14.3 Å². The topological polar surface area (TPSA) is 59.7 Å². The molecule has 4 heteroatoms. The van der Waals surface area contributed by atoms with E-state index < -0.39 is 11.2 Å². The van der Waals surface area contributed by atoms with Gasteiger partial charge in [0.25, 0.3) is 0 Å². The van der Waals surface area contributed by atoms with Crippen molar-refractivity contribution in [3.05, 3.63) is 23.7 Å². The van der Waals surface area contributed by atoms with E-state index in [1.54, 1.807) is 6.26 Å². The van der Waals surface area contributed by atoms with Crippen LogP contribution in [0.25, 0.3) is 0 Å². The Morgan fingerprint density at radius 2 is 2.08 bits per heavy atom. The fraction of sp³-hybridized carbons (Fsp3) is 0.762. The van der Waals surface area contributed by atoms with Crippen LogP contribution >= 0.6 is 0 Å². The predicted octanol–water partition coefficient (Wildman–Crippen LogP) is 4.21. The van der Waals surface area contributed by atoms with Gasteiger partial charge in [0, 0.05) is 18.8 Å². The largest absolute Gasteiger partial charge is 0.469 e. The number of rotatable bonds is 1. The summed E-state index contributed by atoms with van der Waals surface area (Å²) >= 11 is 0. The molecule has 1 aromatic rings. The van der Waals surface area contributed by atoms with Gasteiger partial charge in [0.05, 0.1) is 6.26 Å². The molecule has 138 valence electrons. The van der Waals surface area contributed by atoms with Crippen LogP contribution in [-0.2, 0) is 16.0 Å². The molecular formula is C21H30O4. The summed E-state index contributed by atoms with van der Waals surface area (Å²) < 4.78 is 11.5. The molecule has 2 fully saturated rings. The third-order valence-corrected chi connectivity index (χ3v) is 8.03. The fourth-order valence-electron chi connectivity index (χ4n) is 6.68. The third-order valence-electron chi connectivity index (χ3n) is 8.03. The standard InChI is InChI=1S/C21H30O4/c1-13-15-6-10-21(23)19(3,8-5-9-20(21,4)25-14(2)22)17(15)12-18-16(13)7-11-24-18/h7,11,13,15,17,23H,5-6,8-10,12H2,1-4H3/t13-,15+,17+,19-,20+,21+/m1/s1. The molecule has 4 rings (SSSR count). The zero-order valence-corrected chi connectivity index (χ0v) is 15.8. The van der Waals surface area contributed by atoms with Crippen molar-refractivity contribution in [1.82, 2.24) is 0 Å². The van der Waals surface area contributed by atoms with Gasteiger partial charge in [-0.05, 0) is 68.4 Å². The van der Waals surface area contributed by atoms with E-state index in [1.807, 2.05) is 6.92 Å². The SMILES string of the molecule is CC(=O)O[C@@]1(C)CCC[C@]2(C)[C@H]3Cc4occc4[C@H](C)[C@@H]3CC[C@@]12O. The van der Waals surface area contributed by atoms with Gasteiger partial charge in [0.2, 0.25) is 0 Å². The summed E-state index contributed by atoms with van der Waals surface area (Å²) in [4.78, 5) is 11.8. The van der Waals surface area contributed by atoms with E-state index in [9.17, 15) is 9.90 Å². The summed E-state index contributed by atoms with van der Waals surface area (Å²) in [7, 11) is 0. The maximum absolute atomic E-state index is 11.9. The number of carbonyl (C=O) groups excluding carboxylic acids is 1. The molecule has 25 heavy (non-hydrogen) atoms. The second kappa shape index (κ2) is 5.35. The van der Waals surface area contributed by atoms with E-state index in [0.29, 0.717) is 24.2 Å². The van der Waals surface area contributed by atoms with Crippen LogP contribution in [0, 0.1) is 17.3 Å². The molecule has 0 bridgehead atoms. The number of esters is 1. The van der Waals surface area contributed by atoms with Crippen molar-refractivity contribution in [3.63, 3.8) is 0 Å². The van der Waals surface area contributed by atoms with E-state index in [-0.39, 0.29) is 11.4 Å². The molecule has 0 amide bonds. The Balaban J connectivity index is 1.77. The Kier molecular flexibility index (Phi) is 3.67. The first-order chi connectivity index (χ1) is 11.7. The summed E-state index contributed by atoms with van der Waals surface area (Å²) in [5.41, 5.74) is -0.705. The minimum atomic E-state index is -0.977. The van der Waals surface area contributed by atoms with Crippen molar-refractivity contribution in [2.75, 3.05) is 0 Å². The average molecular weight is 346 g/mol. The molecule has 0 radical (unpaired) electrons. The van der Waals surface area contributed by atoms with Gasteiger partial charge in [-0.15, -0.1) is 0 Å². The number of fused-ring (bicyclic) bond motifs is 4. The van der Waals surface area contributed by atoms with Crippen LogP contribution in [0.1, 0.15) is 77.0 Å². The summed E-state index contributed by atoms with van der Waals surface area (Å²) in [6.45, 7) is 7.92. The van der Waals surface area contributed by atoms with Crippen molar-refractivity contribution in [2.24, 2.45) is 17.3 Å². The number of ether oxygens (including phenoxy) is 1. The highest BCUT2D eigenvalue weighted by Gasteiger charge is 2.68. The molecule has 0 saturated heterocycles. The van der Waals surface area contributed by atoms with Gasteiger partial charge in [-0.25, -0.2) is 0 Å². The molecule has 3 aliphatic carbocycles. The van der Waals surface area contributed by atoms with Crippen molar-refractivity contribution in [1.29, 1.82) is 0 Å². The molecule has 0 aromatic carbocycles. The summed E-state index contributed by atoms with van der Waals surface area (Å²) in [6.07, 6.45) is 7.04. The van der Waals surface area contributed by atoms with E-state index in [1.165, 1.54) is 12.5 Å². The van der Waals surface area contributed by atoms with Crippen LogP contribution in [0.3, 0.4) is 0 Å². The number of hydrogen-bond acceptors (Lipinski definition) is 4. The normalized spacial score (nSPS) is 45.9. The highest BCUT2D eigenvalue weighted by Crippen LogP contribution is 2.65.